The Morgan fingerprint density at radius 3 is 2.24 bits per heavy atom. The summed E-state index contributed by atoms with van der Waals surface area (Å²) in [5, 5.41) is 0. The Labute approximate surface area is 142 Å². The van der Waals surface area contributed by atoms with Crippen LogP contribution in [0.3, 0.4) is 0 Å². The van der Waals surface area contributed by atoms with Crippen molar-refractivity contribution in [2.24, 2.45) is 0 Å². The largest absolute Gasteiger partial charge is 0.387 e. The molecule has 110 valence electrons. The van der Waals surface area contributed by atoms with E-state index in [9.17, 15) is 8.42 Å². The van der Waals surface area contributed by atoms with Gasteiger partial charge in [0.2, 0.25) is 0 Å². The van der Waals surface area contributed by atoms with Gasteiger partial charge in [0.1, 0.15) is 11.2 Å². The van der Waals surface area contributed by atoms with Gasteiger partial charge in [-0.3, -0.25) is 0 Å². The minimum atomic E-state index is -3.74. The van der Waals surface area contributed by atoms with Gasteiger partial charge in [0, 0.05) is 23.7 Å². The average molecular weight is 416 g/mol. The van der Waals surface area contributed by atoms with E-state index >= 15 is 0 Å². The summed E-state index contributed by atoms with van der Waals surface area (Å²) in [6.45, 7) is 3.87. The average Bonchev–Trinajstić information content (AvgIpc) is 2.39. The second-order valence-electron chi connectivity index (χ2n) is 4.58. The summed E-state index contributed by atoms with van der Waals surface area (Å²) >= 11 is 0. The third-order valence-corrected chi connectivity index (χ3v) is 4.01. The van der Waals surface area contributed by atoms with E-state index in [1.807, 2.05) is 38.1 Å². The van der Waals surface area contributed by atoms with Crippen molar-refractivity contribution in [2.75, 3.05) is 0 Å². The molecule has 0 spiro atoms. The van der Waals surface area contributed by atoms with E-state index in [-0.39, 0.29) is 28.6 Å². The maximum absolute atomic E-state index is 11.9. The standard InChI is InChI=1S/C16H16O3S.Te/c1-13-6-8-16(9-7-13)20(17,18)19-11-10-15-5-3-4-14(2)12-15;/h3-12H,1-2H3;. The van der Waals surface area contributed by atoms with Crippen molar-refractivity contribution in [3.05, 3.63) is 71.5 Å². The van der Waals surface area contributed by atoms with Crippen molar-refractivity contribution in [2.45, 2.75) is 18.7 Å². The molecule has 2 radical (unpaired) electrons. The zero-order valence-electron chi connectivity index (χ0n) is 11.8. The Morgan fingerprint density at radius 2 is 1.62 bits per heavy atom. The summed E-state index contributed by atoms with van der Waals surface area (Å²) < 4.78 is 28.7. The summed E-state index contributed by atoms with van der Waals surface area (Å²) in [4.78, 5) is 0.150. The predicted octanol–water partition coefficient (Wildman–Crippen LogP) is 3.30. The van der Waals surface area contributed by atoms with Crippen molar-refractivity contribution in [1.82, 2.24) is 0 Å². The SMILES string of the molecule is Cc1ccc(S(=O)(=O)OC=Cc2cccc(C)c2)cc1.[Te]. The Morgan fingerprint density at radius 1 is 0.952 bits per heavy atom. The zero-order valence-corrected chi connectivity index (χ0v) is 15.0. The summed E-state index contributed by atoms with van der Waals surface area (Å²) in [5.41, 5.74) is 3.00. The fraction of sp³-hybridized carbons (Fsp3) is 0.125. The molecule has 3 nitrogen and oxygen atoms in total. The molecule has 0 saturated carbocycles. The van der Waals surface area contributed by atoms with E-state index in [2.05, 4.69) is 0 Å². The molecule has 0 fully saturated rings. The molecule has 0 aliphatic rings. The molecule has 0 atom stereocenters. The molecule has 21 heavy (non-hydrogen) atoms. The van der Waals surface area contributed by atoms with E-state index < -0.39 is 10.1 Å². The Balaban J connectivity index is 0.00000220. The van der Waals surface area contributed by atoms with Crippen molar-refractivity contribution in [3.63, 3.8) is 0 Å². The van der Waals surface area contributed by atoms with E-state index in [1.165, 1.54) is 18.4 Å². The van der Waals surface area contributed by atoms with Crippen LogP contribution in [0.25, 0.3) is 6.08 Å². The first-order valence-corrected chi connectivity index (χ1v) is 7.61. The Hall–Kier alpha value is -1.28. The summed E-state index contributed by atoms with van der Waals surface area (Å²) in [5.74, 6) is 0. The number of hydrogen-bond donors (Lipinski definition) is 0. The minimum absolute atomic E-state index is 0. The minimum Gasteiger partial charge on any atom is -0.387 e. The molecule has 0 saturated heterocycles. The van der Waals surface area contributed by atoms with E-state index in [1.54, 1.807) is 18.2 Å². The number of rotatable bonds is 4. The van der Waals surface area contributed by atoms with Crippen LogP contribution in [-0.4, -0.2) is 32.1 Å². The van der Waals surface area contributed by atoms with Gasteiger partial charge in [-0.1, -0.05) is 47.5 Å². The predicted molar refractivity (Wildman–Crippen MR) is 85.4 cm³/mol. The van der Waals surface area contributed by atoms with Crippen LogP contribution < -0.4 is 0 Å². The van der Waals surface area contributed by atoms with E-state index in [4.69, 9.17) is 4.18 Å². The number of aryl methyl sites for hydroxylation is 2. The van der Waals surface area contributed by atoms with Crippen LogP contribution in [0.4, 0.5) is 0 Å². The van der Waals surface area contributed by atoms with Gasteiger partial charge >= 0.3 is 10.1 Å². The Bertz CT molecular complexity index is 719. The van der Waals surface area contributed by atoms with Crippen LogP contribution in [0.15, 0.2) is 59.7 Å². The van der Waals surface area contributed by atoms with Gasteiger partial charge in [-0.25, -0.2) is 0 Å². The van der Waals surface area contributed by atoms with Crippen molar-refractivity contribution in [3.8, 4) is 0 Å². The molecular formula is C16H16O3STe. The smallest absolute Gasteiger partial charge is 0.338 e. The second-order valence-corrected chi connectivity index (χ2v) is 6.15. The maximum atomic E-state index is 11.9. The van der Waals surface area contributed by atoms with Crippen LogP contribution in [0.2, 0.25) is 0 Å². The normalized spacial score (nSPS) is 11.1. The first-order valence-electron chi connectivity index (χ1n) is 6.20. The van der Waals surface area contributed by atoms with Gasteiger partial charge in [0.05, 0.1) is 0 Å². The first kappa shape index (κ1) is 17.8. The molecule has 2 rings (SSSR count). The topological polar surface area (TPSA) is 43.4 Å². The van der Waals surface area contributed by atoms with Crippen LogP contribution in [0.1, 0.15) is 16.7 Å². The molecule has 0 N–H and O–H groups in total. The molecular weight excluding hydrogens is 400 g/mol. The quantitative estimate of drug-likeness (QED) is 0.437. The van der Waals surface area contributed by atoms with Crippen molar-refractivity contribution in [1.29, 1.82) is 0 Å². The molecule has 0 aliphatic carbocycles. The van der Waals surface area contributed by atoms with Crippen molar-refractivity contribution >= 4 is 39.9 Å². The third kappa shape index (κ3) is 5.20. The van der Waals surface area contributed by atoms with Crippen molar-refractivity contribution < 1.29 is 12.6 Å². The summed E-state index contributed by atoms with van der Waals surface area (Å²) in [6.07, 6.45) is 2.82. The number of benzene rings is 2. The summed E-state index contributed by atoms with van der Waals surface area (Å²) in [7, 11) is -3.74. The van der Waals surface area contributed by atoms with E-state index in [0.29, 0.717) is 0 Å². The van der Waals surface area contributed by atoms with Crippen LogP contribution in [0, 0.1) is 13.8 Å². The van der Waals surface area contributed by atoms with Gasteiger partial charge in [-0.05, 0) is 37.6 Å². The number of hydrogen-bond acceptors (Lipinski definition) is 3. The fourth-order valence-electron chi connectivity index (χ4n) is 1.71. The third-order valence-electron chi connectivity index (χ3n) is 2.79. The maximum Gasteiger partial charge on any atom is 0.338 e. The van der Waals surface area contributed by atoms with Crippen LogP contribution in [-0.2, 0) is 14.3 Å². The van der Waals surface area contributed by atoms with Crippen LogP contribution >= 0.6 is 0 Å². The van der Waals surface area contributed by atoms with Gasteiger partial charge in [0.15, 0.2) is 0 Å². The fourth-order valence-corrected chi connectivity index (χ4v) is 2.50. The molecule has 0 bridgehead atoms. The van der Waals surface area contributed by atoms with Crippen LogP contribution in [0.5, 0.6) is 0 Å². The van der Waals surface area contributed by atoms with Gasteiger partial charge in [-0.2, -0.15) is 8.42 Å². The van der Waals surface area contributed by atoms with Gasteiger partial charge < -0.3 is 4.18 Å². The molecule has 0 amide bonds. The van der Waals surface area contributed by atoms with Gasteiger partial charge in [-0.15, -0.1) is 0 Å². The molecule has 0 aliphatic heterocycles. The van der Waals surface area contributed by atoms with Gasteiger partial charge in [0.25, 0.3) is 0 Å². The molecule has 0 unspecified atom stereocenters. The first-order chi connectivity index (χ1) is 9.47. The van der Waals surface area contributed by atoms with E-state index in [0.717, 1.165) is 16.7 Å². The molecule has 2 aromatic carbocycles. The molecule has 0 heterocycles. The monoisotopic (exact) mass is 418 g/mol. The second kappa shape index (κ2) is 7.65. The molecule has 0 aromatic heterocycles. The zero-order chi connectivity index (χ0) is 14.6. The molecule has 2 aromatic rings. The Kier molecular flexibility index (Phi) is 6.47. The molecule has 5 heteroatoms. The summed E-state index contributed by atoms with van der Waals surface area (Å²) in [6, 6.07) is 14.2.